The molecule has 8 nitrogen and oxygen atoms in total. The summed E-state index contributed by atoms with van der Waals surface area (Å²) in [6.45, 7) is 23.6. The molecule has 3 N–H and O–H groups in total. The monoisotopic (exact) mass is 676 g/mol. The molecule has 1 amide bonds. The SMILES string of the molecule is CC(C)(O)CCC[C@@](C)(O)[C@H]1CC[C@]2(C)[C@@H]1[C@H](O)C[C@@H]1[C@@]3(C)CC[C@H](OC(=O)[C@@H]4CCCN4C(=O)OC(C)(C)C)C(C)(C)[C@@H]3CC[C@]12C. The van der Waals surface area contributed by atoms with Crippen molar-refractivity contribution in [3.63, 3.8) is 0 Å². The molecule has 5 rings (SSSR count). The average Bonchev–Trinajstić information content (AvgIpc) is 3.57. The number of aliphatic hydroxyl groups excluding tert-OH is 1. The minimum Gasteiger partial charge on any atom is -0.460 e. The number of amides is 1. The van der Waals surface area contributed by atoms with Gasteiger partial charge in [-0.2, -0.15) is 0 Å². The summed E-state index contributed by atoms with van der Waals surface area (Å²) < 4.78 is 12.0. The summed E-state index contributed by atoms with van der Waals surface area (Å²) in [6.07, 6.45) is 8.71. The molecule has 1 aliphatic heterocycles. The molecule has 0 spiro atoms. The maximum absolute atomic E-state index is 13.7. The van der Waals surface area contributed by atoms with E-state index in [1.807, 2.05) is 41.5 Å². The van der Waals surface area contributed by atoms with Crippen molar-refractivity contribution in [2.45, 2.75) is 188 Å². The van der Waals surface area contributed by atoms with Crippen LogP contribution in [-0.4, -0.2) is 73.9 Å². The first-order valence-electron chi connectivity index (χ1n) is 19.2. The Morgan fingerprint density at radius 1 is 0.833 bits per heavy atom. The van der Waals surface area contributed by atoms with E-state index in [0.717, 1.165) is 57.8 Å². The topological polar surface area (TPSA) is 117 Å². The Kier molecular flexibility index (Phi) is 9.77. The number of esters is 1. The smallest absolute Gasteiger partial charge is 0.411 e. The van der Waals surface area contributed by atoms with Crippen molar-refractivity contribution in [2.75, 3.05) is 6.54 Å². The van der Waals surface area contributed by atoms with Crippen molar-refractivity contribution in [3.8, 4) is 0 Å². The van der Waals surface area contributed by atoms with Crippen LogP contribution in [0, 0.1) is 45.3 Å². The van der Waals surface area contributed by atoms with Gasteiger partial charge in [0.2, 0.25) is 0 Å². The van der Waals surface area contributed by atoms with Gasteiger partial charge in [-0.05, 0) is 159 Å². The van der Waals surface area contributed by atoms with Crippen LogP contribution in [0.2, 0.25) is 0 Å². The van der Waals surface area contributed by atoms with Gasteiger partial charge in [0, 0.05) is 12.0 Å². The molecule has 0 bridgehead atoms. The molecule has 276 valence electrons. The Morgan fingerprint density at radius 2 is 1.48 bits per heavy atom. The molecular formula is C40H69NO7. The molecule has 5 aliphatic rings. The fourth-order valence-corrected chi connectivity index (χ4v) is 12.5. The van der Waals surface area contributed by atoms with Crippen LogP contribution in [0.25, 0.3) is 0 Å². The van der Waals surface area contributed by atoms with Gasteiger partial charge in [0.05, 0.1) is 17.3 Å². The molecule has 1 saturated heterocycles. The number of fused-ring (bicyclic) bond motifs is 5. The number of hydrogen-bond donors (Lipinski definition) is 3. The fraction of sp³-hybridized carbons (Fsp3) is 0.950. The van der Waals surface area contributed by atoms with Crippen LogP contribution < -0.4 is 0 Å². The van der Waals surface area contributed by atoms with E-state index in [2.05, 4.69) is 34.6 Å². The fourth-order valence-electron chi connectivity index (χ4n) is 12.5. The highest BCUT2D eigenvalue weighted by Gasteiger charge is 2.71. The van der Waals surface area contributed by atoms with E-state index in [-0.39, 0.29) is 45.6 Å². The predicted molar refractivity (Wildman–Crippen MR) is 187 cm³/mol. The lowest BCUT2D eigenvalue weighted by molar-refractivity contribution is -0.249. The van der Waals surface area contributed by atoms with Gasteiger partial charge in [-0.25, -0.2) is 9.59 Å². The maximum Gasteiger partial charge on any atom is 0.411 e. The van der Waals surface area contributed by atoms with Crippen molar-refractivity contribution in [2.24, 2.45) is 45.3 Å². The number of carbonyl (C=O) groups is 2. The van der Waals surface area contributed by atoms with Crippen LogP contribution in [0.1, 0.15) is 153 Å². The minimum atomic E-state index is -0.888. The van der Waals surface area contributed by atoms with Gasteiger partial charge < -0.3 is 24.8 Å². The van der Waals surface area contributed by atoms with E-state index in [0.29, 0.717) is 37.6 Å². The molecule has 11 atom stereocenters. The highest BCUT2D eigenvalue weighted by molar-refractivity contribution is 5.82. The summed E-state index contributed by atoms with van der Waals surface area (Å²) in [7, 11) is 0. The molecule has 8 heteroatoms. The summed E-state index contributed by atoms with van der Waals surface area (Å²) in [5.41, 5.74) is -2.60. The maximum atomic E-state index is 13.7. The largest absolute Gasteiger partial charge is 0.460 e. The third-order valence-corrected chi connectivity index (χ3v) is 15.0. The highest BCUT2D eigenvalue weighted by atomic mass is 16.6. The van der Waals surface area contributed by atoms with Crippen LogP contribution in [0.3, 0.4) is 0 Å². The summed E-state index contributed by atoms with van der Waals surface area (Å²) >= 11 is 0. The molecule has 48 heavy (non-hydrogen) atoms. The Labute approximate surface area is 291 Å². The van der Waals surface area contributed by atoms with Crippen LogP contribution in [0.4, 0.5) is 4.79 Å². The van der Waals surface area contributed by atoms with E-state index < -0.39 is 35.0 Å². The quantitative estimate of drug-likeness (QED) is 0.238. The highest BCUT2D eigenvalue weighted by Crippen LogP contribution is 2.76. The number of likely N-dealkylation sites (tertiary alicyclic amines) is 1. The van der Waals surface area contributed by atoms with Gasteiger partial charge in [-0.1, -0.05) is 34.6 Å². The molecule has 0 radical (unpaired) electrons. The van der Waals surface area contributed by atoms with Crippen molar-refractivity contribution in [3.05, 3.63) is 0 Å². The van der Waals surface area contributed by atoms with E-state index in [1.165, 1.54) is 0 Å². The zero-order valence-electron chi connectivity index (χ0n) is 32.2. The number of nitrogens with zero attached hydrogens (tertiary/aromatic N) is 1. The third kappa shape index (κ3) is 6.46. The Hall–Kier alpha value is -1.38. The predicted octanol–water partition coefficient (Wildman–Crippen LogP) is 7.65. The number of hydrogen-bond acceptors (Lipinski definition) is 7. The summed E-state index contributed by atoms with van der Waals surface area (Å²) in [5, 5.41) is 34.3. The van der Waals surface area contributed by atoms with E-state index in [4.69, 9.17) is 9.47 Å². The third-order valence-electron chi connectivity index (χ3n) is 15.0. The van der Waals surface area contributed by atoms with Gasteiger partial charge in [-0.3, -0.25) is 4.90 Å². The first-order valence-corrected chi connectivity index (χ1v) is 19.2. The van der Waals surface area contributed by atoms with E-state index in [9.17, 15) is 24.9 Å². The zero-order chi connectivity index (χ0) is 35.9. The molecular weight excluding hydrogens is 606 g/mol. The van der Waals surface area contributed by atoms with E-state index >= 15 is 0 Å². The number of ether oxygens (including phenoxy) is 2. The Bertz CT molecular complexity index is 1220. The molecule has 0 aromatic rings. The van der Waals surface area contributed by atoms with Gasteiger partial charge in [0.1, 0.15) is 17.7 Å². The van der Waals surface area contributed by atoms with Crippen molar-refractivity contribution >= 4 is 12.1 Å². The minimum absolute atomic E-state index is 0.0163. The second-order valence-corrected chi connectivity index (χ2v) is 20.1. The second kappa shape index (κ2) is 12.4. The molecule has 4 aliphatic carbocycles. The lowest BCUT2D eigenvalue weighted by Gasteiger charge is -2.70. The molecule has 0 aromatic carbocycles. The summed E-state index contributed by atoms with van der Waals surface area (Å²) in [4.78, 5) is 28.2. The second-order valence-electron chi connectivity index (χ2n) is 20.1. The van der Waals surface area contributed by atoms with Crippen LogP contribution >= 0.6 is 0 Å². The Morgan fingerprint density at radius 3 is 2.10 bits per heavy atom. The Balaban J connectivity index is 1.32. The lowest BCUT2D eigenvalue weighted by Crippen LogP contribution is -2.66. The van der Waals surface area contributed by atoms with Gasteiger partial charge >= 0.3 is 12.1 Å². The molecule has 1 heterocycles. The van der Waals surface area contributed by atoms with Crippen molar-refractivity contribution in [1.82, 2.24) is 4.90 Å². The zero-order valence-corrected chi connectivity index (χ0v) is 32.2. The average molecular weight is 676 g/mol. The van der Waals surface area contributed by atoms with Gasteiger partial charge in [0.25, 0.3) is 0 Å². The molecule has 4 saturated carbocycles. The van der Waals surface area contributed by atoms with Gasteiger partial charge in [0.15, 0.2) is 0 Å². The number of aliphatic hydroxyl groups is 3. The molecule has 5 fully saturated rings. The molecule has 0 unspecified atom stereocenters. The van der Waals surface area contributed by atoms with Gasteiger partial charge in [-0.15, -0.1) is 0 Å². The normalized spacial score (nSPS) is 42.3. The van der Waals surface area contributed by atoms with Crippen LogP contribution in [0.15, 0.2) is 0 Å². The number of rotatable bonds is 7. The summed E-state index contributed by atoms with van der Waals surface area (Å²) in [6, 6.07) is -0.605. The first kappa shape index (κ1) is 37.9. The number of carbonyl (C=O) groups excluding carboxylic acids is 2. The van der Waals surface area contributed by atoms with Crippen LogP contribution in [0.5, 0.6) is 0 Å². The van der Waals surface area contributed by atoms with Crippen molar-refractivity contribution < 1.29 is 34.4 Å². The van der Waals surface area contributed by atoms with E-state index in [1.54, 1.807) is 4.90 Å². The molecule has 0 aromatic heterocycles. The lowest BCUT2D eigenvalue weighted by atomic mass is 9.35. The first-order chi connectivity index (χ1) is 21.9. The summed E-state index contributed by atoms with van der Waals surface area (Å²) in [5.74, 6) is 0.420. The van der Waals surface area contributed by atoms with Crippen molar-refractivity contribution in [1.29, 1.82) is 0 Å². The van der Waals surface area contributed by atoms with Crippen LogP contribution in [-0.2, 0) is 14.3 Å². The standard InChI is InChI=1S/C40H69NO7/c1-34(2,3)48-33(44)41-23-12-14-26(41)32(43)47-30-17-20-37(8)28(36(30,6)7)16-22-38(9)29(37)24-27(42)31-25(15-21-39(31,38)10)40(11,46)19-13-18-35(4,5)45/h25-31,42,45-46H,12-24H2,1-11H3/t25-,26-,27+,28-,29+,30-,31-,37-,38+,39+,40+/m0/s1.